The van der Waals surface area contributed by atoms with E-state index in [0.717, 1.165) is 0 Å². The molecule has 1 aromatic rings. The first-order valence-corrected chi connectivity index (χ1v) is 4.61. The molecule has 0 N–H and O–H groups in total. The van der Waals surface area contributed by atoms with Crippen LogP contribution in [0.3, 0.4) is 0 Å². The summed E-state index contributed by atoms with van der Waals surface area (Å²) in [6.07, 6.45) is -14.4. The number of aromatic nitrogens is 1. The van der Waals surface area contributed by atoms with Gasteiger partial charge in [-0.3, -0.25) is 0 Å². The van der Waals surface area contributed by atoms with Crippen molar-refractivity contribution in [1.82, 2.24) is 4.98 Å². The molecule has 1 rings (SSSR count). The zero-order valence-electron chi connectivity index (χ0n) is 8.41. The molecule has 2 nitrogen and oxygen atoms in total. The SMILES string of the molecule is FC(F)c1nc(OC(F)(F)F)cc(Cl)c1C(F)(F)F. The highest BCUT2D eigenvalue weighted by Crippen LogP contribution is 2.41. The van der Waals surface area contributed by atoms with Gasteiger partial charge in [-0.1, -0.05) is 11.6 Å². The Bertz CT molecular complexity index is 469. The molecular weight excluding hydrogens is 314 g/mol. The number of alkyl halides is 8. The Hall–Kier alpha value is -1.32. The number of hydrogen-bond acceptors (Lipinski definition) is 2. The topological polar surface area (TPSA) is 22.1 Å². The van der Waals surface area contributed by atoms with Crippen molar-refractivity contribution >= 4 is 11.6 Å². The van der Waals surface area contributed by atoms with Crippen LogP contribution in [0.5, 0.6) is 5.88 Å². The van der Waals surface area contributed by atoms with Crippen LogP contribution in [0, 0.1) is 0 Å². The normalized spacial score (nSPS) is 12.9. The fraction of sp³-hybridized carbons (Fsp3) is 0.375. The van der Waals surface area contributed by atoms with Gasteiger partial charge in [0, 0.05) is 6.07 Å². The molecule has 0 unspecified atom stereocenters. The zero-order chi connectivity index (χ0) is 15.0. The smallest absolute Gasteiger partial charge is 0.388 e. The molecule has 0 bridgehead atoms. The molecule has 0 radical (unpaired) electrons. The van der Waals surface area contributed by atoms with Gasteiger partial charge in [0.1, 0.15) is 11.3 Å². The minimum Gasteiger partial charge on any atom is -0.388 e. The number of nitrogens with zero attached hydrogens (tertiary/aromatic N) is 1. The van der Waals surface area contributed by atoms with Crippen LogP contribution in [-0.4, -0.2) is 11.3 Å². The number of rotatable bonds is 2. The van der Waals surface area contributed by atoms with Gasteiger partial charge in [-0.25, -0.2) is 13.8 Å². The molecule has 0 spiro atoms. The van der Waals surface area contributed by atoms with Crippen molar-refractivity contribution in [2.45, 2.75) is 19.0 Å². The predicted octanol–water partition coefficient (Wildman–Crippen LogP) is 4.59. The average molecular weight is 316 g/mol. The van der Waals surface area contributed by atoms with Crippen molar-refractivity contribution < 1.29 is 39.9 Å². The lowest BCUT2D eigenvalue weighted by Gasteiger charge is -2.15. The predicted molar refractivity (Wildman–Crippen MR) is 45.9 cm³/mol. The number of ether oxygens (including phenoxy) is 1. The quantitative estimate of drug-likeness (QED) is 0.745. The van der Waals surface area contributed by atoms with Crippen LogP contribution < -0.4 is 4.74 Å². The molecule has 0 saturated carbocycles. The summed E-state index contributed by atoms with van der Waals surface area (Å²) in [6, 6.07) is 0.0593. The number of pyridine rings is 1. The van der Waals surface area contributed by atoms with Crippen molar-refractivity contribution in [1.29, 1.82) is 0 Å². The summed E-state index contributed by atoms with van der Waals surface area (Å²) >= 11 is 5.05. The standard InChI is InChI=1S/C8H2ClF8NO/c9-2-1-3(19-8(15,16)17)18-5(6(10)11)4(2)7(12,13)14/h1,6H. The Labute approximate surface area is 104 Å². The third-order valence-corrected chi connectivity index (χ3v) is 1.98. The van der Waals surface area contributed by atoms with E-state index in [0.29, 0.717) is 0 Å². The molecule has 0 aliphatic heterocycles. The van der Waals surface area contributed by atoms with Crippen LogP contribution in [0.25, 0.3) is 0 Å². The lowest BCUT2D eigenvalue weighted by molar-refractivity contribution is -0.276. The van der Waals surface area contributed by atoms with E-state index in [1.54, 1.807) is 0 Å². The highest BCUT2D eigenvalue weighted by Gasteiger charge is 2.41. The largest absolute Gasteiger partial charge is 0.574 e. The zero-order valence-corrected chi connectivity index (χ0v) is 9.17. The van der Waals surface area contributed by atoms with Crippen molar-refractivity contribution in [3.05, 3.63) is 22.3 Å². The molecule has 0 atom stereocenters. The summed E-state index contributed by atoms with van der Waals surface area (Å²) in [7, 11) is 0. The molecule has 1 heterocycles. The monoisotopic (exact) mass is 315 g/mol. The fourth-order valence-corrected chi connectivity index (χ4v) is 1.42. The molecule has 11 heteroatoms. The molecular formula is C8H2ClF8NO. The van der Waals surface area contributed by atoms with Crippen LogP contribution in [0.1, 0.15) is 17.7 Å². The van der Waals surface area contributed by atoms with E-state index in [1.807, 2.05) is 0 Å². The van der Waals surface area contributed by atoms with E-state index in [9.17, 15) is 35.1 Å². The number of hydrogen-bond donors (Lipinski definition) is 0. The van der Waals surface area contributed by atoms with Crippen molar-refractivity contribution in [3.63, 3.8) is 0 Å². The molecule has 0 fully saturated rings. The van der Waals surface area contributed by atoms with Crippen LogP contribution in [0.4, 0.5) is 35.1 Å². The Morgan fingerprint density at radius 3 is 2.00 bits per heavy atom. The molecule has 0 amide bonds. The van der Waals surface area contributed by atoms with E-state index in [1.165, 1.54) is 0 Å². The second-order valence-corrected chi connectivity index (χ2v) is 3.46. The van der Waals surface area contributed by atoms with Gasteiger partial charge in [-0.2, -0.15) is 13.2 Å². The van der Waals surface area contributed by atoms with Crippen LogP contribution in [0.15, 0.2) is 6.07 Å². The van der Waals surface area contributed by atoms with E-state index >= 15 is 0 Å². The van der Waals surface area contributed by atoms with E-state index in [2.05, 4.69) is 9.72 Å². The summed E-state index contributed by atoms with van der Waals surface area (Å²) in [4.78, 5) is 2.49. The van der Waals surface area contributed by atoms with E-state index < -0.39 is 41.1 Å². The molecule has 108 valence electrons. The van der Waals surface area contributed by atoms with Crippen LogP contribution in [0.2, 0.25) is 5.02 Å². The minimum atomic E-state index is -5.30. The first-order valence-electron chi connectivity index (χ1n) is 4.23. The van der Waals surface area contributed by atoms with Gasteiger partial charge in [0.05, 0.1) is 5.02 Å². The van der Waals surface area contributed by atoms with Gasteiger partial charge in [0.15, 0.2) is 0 Å². The third kappa shape index (κ3) is 4.08. The molecule has 0 saturated heterocycles. The van der Waals surface area contributed by atoms with Crippen molar-refractivity contribution in [3.8, 4) is 5.88 Å². The van der Waals surface area contributed by atoms with Gasteiger partial charge in [-0.15, -0.1) is 13.2 Å². The molecule has 0 aliphatic carbocycles. The Morgan fingerprint density at radius 1 is 1.11 bits per heavy atom. The van der Waals surface area contributed by atoms with Crippen molar-refractivity contribution in [2.75, 3.05) is 0 Å². The molecule has 1 aromatic heterocycles. The summed E-state index contributed by atoms with van der Waals surface area (Å²) in [5.41, 5.74) is -3.93. The third-order valence-electron chi connectivity index (χ3n) is 1.69. The van der Waals surface area contributed by atoms with E-state index in [4.69, 9.17) is 11.6 Å². The summed E-state index contributed by atoms with van der Waals surface area (Å²) in [5.74, 6) is -1.50. The fourth-order valence-electron chi connectivity index (χ4n) is 1.12. The maximum atomic E-state index is 12.4. The lowest BCUT2D eigenvalue weighted by Crippen LogP contribution is -2.20. The molecule has 0 aromatic carbocycles. The Kier molecular flexibility index (Phi) is 4.13. The average Bonchev–Trinajstić information content (AvgIpc) is 2.10. The summed E-state index contributed by atoms with van der Waals surface area (Å²) in [5, 5.41) is -1.36. The maximum absolute atomic E-state index is 12.4. The van der Waals surface area contributed by atoms with Gasteiger partial charge < -0.3 is 4.74 Å². The molecule has 0 aliphatic rings. The van der Waals surface area contributed by atoms with Gasteiger partial charge in [0.25, 0.3) is 6.43 Å². The second kappa shape index (κ2) is 4.99. The van der Waals surface area contributed by atoms with Crippen molar-refractivity contribution in [2.24, 2.45) is 0 Å². The van der Waals surface area contributed by atoms with Crippen LogP contribution in [-0.2, 0) is 6.18 Å². The molecule has 19 heavy (non-hydrogen) atoms. The number of halogens is 9. The Balaban J connectivity index is 3.38. The van der Waals surface area contributed by atoms with Gasteiger partial charge in [-0.05, 0) is 0 Å². The summed E-state index contributed by atoms with van der Waals surface area (Å²) in [6.45, 7) is 0. The first-order chi connectivity index (χ1) is 8.42. The second-order valence-electron chi connectivity index (χ2n) is 3.05. The lowest BCUT2D eigenvalue weighted by atomic mass is 10.2. The van der Waals surface area contributed by atoms with Crippen LogP contribution >= 0.6 is 11.6 Å². The Morgan fingerprint density at radius 2 is 1.63 bits per heavy atom. The highest BCUT2D eigenvalue weighted by molar-refractivity contribution is 6.31. The minimum absolute atomic E-state index is 0.0593. The van der Waals surface area contributed by atoms with Gasteiger partial charge in [0.2, 0.25) is 5.88 Å². The van der Waals surface area contributed by atoms with Gasteiger partial charge >= 0.3 is 12.5 Å². The summed E-state index contributed by atoms with van der Waals surface area (Å²) < 4.78 is 101. The van der Waals surface area contributed by atoms with E-state index in [-0.39, 0.29) is 6.07 Å². The maximum Gasteiger partial charge on any atom is 0.574 e. The highest BCUT2D eigenvalue weighted by atomic mass is 35.5. The first kappa shape index (κ1) is 15.7.